The second-order valence-corrected chi connectivity index (χ2v) is 9.51. The second kappa shape index (κ2) is 11.0. The molecule has 3 aromatic rings. The summed E-state index contributed by atoms with van der Waals surface area (Å²) < 4.78 is 7.38. The molecule has 0 atom stereocenters. The number of amides is 1. The normalized spacial score (nSPS) is 14.7. The van der Waals surface area contributed by atoms with Gasteiger partial charge in [0.05, 0.1) is 28.4 Å². The van der Waals surface area contributed by atoms with Gasteiger partial charge in [0, 0.05) is 48.9 Å². The van der Waals surface area contributed by atoms with Crippen LogP contribution in [0.1, 0.15) is 12.0 Å². The van der Waals surface area contributed by atoms with Crippen LogP contribution in [-0.4, -0.2) is 60.1 Å². The van der Waals surface area contributed by atoms with Crippen molar-refractivity contribution in [3.63, 3.8) is 0 Å². The number of thiazole rings is 1. The van der Waals surface area contributed by atoms with Crippen LogP contribution in [0.25, 0.3) is 16.3 Å². The van der Waals surface area contributed by atoms with E-state index >= 15 is 0 Å². The first-order chi connectivity index (χ1) is 16.0. The number of benzene rings is 2. The van der Waals surface area contributed by atoms with E-state index in [2.05, 4.69) is 25.8 Å². The largest absolute Gasteiger partial charge is 0.379 e. The molecule has 2 heterocycles. The maximum absolute atomic E-state index is 13.2. The molecule has 172 valence electrons. The van der Waals surface area contributed by atoms with Gasteiger partial charge in [-0.25, -0.2) is 4.98 Å². The van der Waals surface area contributed by atoms with Crippen molar-refractivity contribution >= 4 is 60.3 Å². The van der Waals surface area contributed by atoms with Crippen LogP contribution >= 0.6 is 27.3 Å². The number of nitro groups is 1. The minimum absolute atomic E-state index is 0.0175. The molecule has 33 heavy (non-hydrogen) atoms. The molecule has 0 bridgehead atoms. The van der Waals surface area contributed by atoms with Gasteiger partial charge in [0.15, 0.2) is 5.13 Å². The van der Waals surface area contributed by atoms with E-state index in [0.717, 1.165) is 59.5 Å². The quantitative estimate of drug-likeness (QED) is 0.237. The van der Waals surface area contributed by atoms with E-state index in [1.807, 2.05) is 18.2 Å². The molecule has 1 saturated heterocycles. The fourth-order valence-electron chi connectivity index (χ4n) is 3.54. The van der Waals surface area contributed by atoms with Crippen LogP contribution in [0.3, 0.4) is 0 Å². The Hall–Kier alpha value is -2.66. The van der Waals surface area contributed by atoms with E-state index in [0.29, 0.717) is 11.7 Å². The van der Waals surface area contributed by atoms with Crippen LogP contribution in [0.4, 0.5) is 10.8 Å². The molecule has 2 aromatic carbocycles. The Kier molecular flexibility index (Phi) is 7.81. The number of ether oxygens (including phenoxy) is 1. The maximum Gasteiger partial charge on any atom is 0.269 e. The van der Waals surface area contributed by atoms with Crippen LogP contribution < -0.4 is 4.90 Å². The van der Waals surface area contributed by atoms with Gasteiger partial charge in [-0.3, -0.25) is 24.7 Å². The Balaban J connectivity index is 1.51. The zero-order valence-corrected chi connectivity index (χ0v) is 20.3. The third-order valence-corrected chi connectivity index (χ3v) is 6.85. The fraction of sp³-hybridized carbons (Fsp3) is 0.304. The number of hydrogen-bond acceptors (Lipinski definition) is 7. The number of rotatable bonds is 8. The third-order valence-electron chi connectivity index (χ3n) is 5.32. The number of nitro benzene ring substituents is 1. The van der Waals surface area contributed by atoms with Crippen molar-refractivity contribution in [2.45, 2.75) is 6.42 Å². The topological polar surface area (TPSA) is 88.8 Å². The van der Waals surface area contributed by atoms with E-state index in [1.54, 1.807) is 23.1 Å². The summed E-state index contributed by atoms with van der Waals surface area (Å²) in [6.45, 7) is 4.73. The highest BCUT2D eigenvalue weighted by molar-refractivity contribution is 9.10. The number of non-ortho nitro benzene ring substituents is 1. The smallest absolute Gasteiger partial charge is 0.269 e. The lowest BCUT2D eigenvalue weighted by Crippen LogP contribution is -2.39. The maximum atomic E-state index is 13.2. The molecule has 0 spiro atoms. The molecule has 1 aliphatic rings. The minimum atomic E-state index is -0.444. The third kappa shape index (κ3) is 6.23. The predicted octanol–water partition coefficient (Wildman–Crippen LogP) is 4.74. The molecule has 1 fully saturated rings. The van der Waals surface area contributed by atoms with Gasteiger partial charge in [-0.15, -0.1) is 0 Å². The van der Waals surface area contributed by atoms with Gasteiger partial charge in [-0.1, -0.05) is 27.3 Å². The van der Waals surface area contributed by atoms with Crippen LogP contribution in [0.5, 0.6) is 0 Å². The minimum Gasteiger partial charge on any atom is -0.379 e. The monoisotopic (exact) mass is 530 g/mol. The molecule has 0 saturated carbocycles. The Bertz CT molecular complexity index is 1160. The van der Waals surface area contributed by atoms with Crippen molar-refractivity contribution in [1.82, 2.24) is 9.88 Å². The summed E-state index contributed by atoms with van der Waals surface area (Å²) in [5, 5.41) is 11.5. The molecule has 0 aliphatic carbocycles. The molecule has 10 heteroatoms. The van der Waals surface area contributed by atoms with Crippen molar-refractivity contribution in [3.05, 3.63) is 68.7 Å². The lowest BCUT2D eigenvalue weighted by Gasteiger charge is -2.27. The van der Waals surface area contributed by atoms with Gasteiger partial charge in [-0.05, 0) is 48.4 Å². The first-order valence-electron chi connectivity index (χ1n) is 10.6. The van der Waals surface area contributed by atoms with E-state index in [-0.39, 0.29) is 11.6 Å². The van der Waals surface area contributed by atoms with Crippen LogP contribution in [0, 0.1) is 10.1 Å². The Morgan fingerprint density at radius 1 is 1.24 bits per heavy atom. The van der Waals surface area contributed by atoms with Crippen molar-refractivity contribution in [1.29, 1.82) is 0 Å². The van der Waals surface area contributed by atoms with Gasteiger partial charge in [0.1, 0.15) is 0 Å². The average Bonchev–Trinajstić information content (AvgIpc) is 3.24. The zero-order chi connectivity index (χ0) is 23.2. The van der Waals surface area contributed by atoms with Gasteiger partial charge in [-0.2, -0.15) is 0 Å². The molecule has 4 rings (SSSR count). The van der Waals surface area contributed by atoms with E-state index in [9.17, 15) is 14.9 Å². The van der Waals surface area contributed by atoms with E-state index in [4.69, 9.17) is 4.74 Å². The molecule has 1 amide bonds. The molecular formula is C23H23BrN4O4S. The Morgan fingerprint density at radius 3 is 2.73 bits per heavy atom. The number of anilines is 1. The van der Waals surface area contributed by atoms with Gasteiger partial charge >= 0.3 is 0 Å². The van der Waals surface area contributed by atoms with Gasteiger partial charge < -0.3 is 4.74 Å². The number of aromatic nitrogens is 1. The second-order valence-electron chi connectivity index (χ2n) is 7.59. The summed E-state index contributed by atoms with van der Waals surface area (Å²) in [5.41, 5.74) is 1.59. The van der Waals surface area contributed by atoms with Gasteiger partial charge in [0.25, 0.3) is 11.6 Å². The van der Waals surface area contributed by atoms with Crippen LogP contribution in [0.2, 0.25) is 0 Å². The number of morpholine rings is 1. The Labute approximate surface area is 203 Å². The highest BCUT2D eigenvalue weighted by Crippen LogP contribution is 2.31. The van der Waals surface area contributed by atoms with E-state index < -0.39 is 4.92 Å². The van der Waals surface area contributed by atoms with Gasteiger partial charge in [0.2, 0.25) is 0 Å². The molecule has 1 aromatic heterocycles. The van der Waals surface area contributed by atoms with Crippen molar-refractivity contribution in [2.24, 2.45) is 0 Å². The Morgan fingerprint density at radius 2 is 2.00 bits per heavy atom. The molecule has 0 radical (unpaired) electrons. The number of carbonyl (C=O) groups excluding carboxylic acids is 1. The number of halogens is 1. The number of hydrogen-bond donors (Lipinski definition) is 0. The molecular weight excluding hydrogens is 508 g/mol. The number of nitrogens with zero attached hydrogens (tertiary/aromatic N) is 4. The van der Waals surface area contributed by atoms with Crippen LogP contribution in [0.15, 0.2) is 53.0 Å². The fourth-order valence-corrected chi connectivity index (χ4v) is 5.09. The number of carbonyl (C=O) groups is 1. The summed E-state index contributed by atoms with van der Waals surface area (Å²) in [5.74, 6) is -0.173. The summed E-state index contributed by atoms with van der Waals surface area (Å²) in [7, 11) is 0. The molecule has 8 nitrogen and oxygen atoms in total. The lowest BCUT2D eigenvalue weighted by molar-refractivity contribution is -0.384. The first-order valence-corrected chi connectivity index (χ1v) is 12.2. The standard InChI is InChI=1S/C23H23BrN4O4S/c24-18-5-8-20-21(16-18)33-23(25-20)27(11-1-10-26-12-14-32-15-13-26)22(29)9-4-17-2-6-19(7-3-17)28(30)31/h2-9,16H,1,10-15H2/b9-4+. The summed E-state index contributed by atoms with van der Waals surface area (Å²) >= 11 is 4.97. The molecule has 1 aliphatic heterocycles. The van der Waals surface area contributed by atoms with Crippen molar-refractivity contribution < 1.29 is 14.5 Å². The highest BCUT2D eigenvalue weighted by Gasteiger charge is 2.19. The first kappa shape index (κ1) is 23.5. The van der Waals surface area contributed by atoms with Crippen LogP contribution in [-0.2, 0) is 9.53 Å². The summed E-state index contributed by atoms with van der Waals surface area (Å²) in [4.78, 5) is 32.3. The molecule has 0 unspecified atom stereocenters. The summed E-state index contributed by atoms with van der Waals surface area (Å²) in [6.07, 6.45) is 3.99. The lowest BCUT2D eigenvalue weighted by atomic mass is 10.2. The van der Waals surface area contributed by atoms with E-state index in [1.165, 1.54) is 29.5 Å². The highest BCUT2D eigenvalue weighted by atomic mass is 79.9. The molecule has 0 N–H and O–H groups in total. The zero-order valence-electron chi connectivity index (χ0n) is 17.9. The SMILES string of the molecule is O=C(/C=C/c1ccc([N+](=O)[O-])cc1)N(CCCN1CCOCC1)c1nc2ccc(Br)cc2s1. The number of fused-ring (bicyclic) bond motifs is 1. The van der Waals surface area contributed by atoms with Crippen molar-refractivity contribution in [3.8, 4) is 0 Å². The average molecular weight is 531 g/mol. The van der Waals surface area contributed by atoms with Crippen molar-refractivity contribution in [2.75, 3.05) is 44.3 Å². The summed E-state index contributed by atoms with van der Waals surface area (Å²) in [6, 6.07) is 12.0. The predicted molar refractivity (Wildman–Crippen MR) is 134 cm³/mol.